The van der Waals surface area contributed by atoms with E-state index in [4.69, 9.17) is 5.11 Å². The molecule has 0 radical (unpaired) electrons. The molecule has 0 spiro atoms. The van der Waals surface area contributed by atoms with Crippen LogP contribution in [0.4, 0.5) is 10.1 Å². The number of amides is 1. The first-order valence-corrected chi connectivity index (χ1v) is 7.35. The zero-order chi connectivity index (χ0) is 15.3. The third-order valence-corrected chi connectivity index (χ3v) is 2.74. The molecular weight excluding hydrogens is 291 g/mol. The fourth-order valence-electron chi connectivity index (χ4n) is 1.33. The molecule has 3 N–H and O–H groups in total. The monoisotopic (exact) mass is 304 g/mol. The second-order valence-corrected chi connectivity index (χ2v) is 5.72. The van der Waals surface area contributed by atoms with E-state index in [0.717, 1.165) is 18.4 Å². The minimum absolute atomic E-state index is 0.0166. The predicted octanol–water partition coefficient (Wildman–Crippen LogP) is 0.402. The normalized spacial score (nSPS) is 10.9. The van der Waals surface area contributed by atoms with Crippen LogP contribution in [0.3, 0.4) is 0 Å². The highest BCUT2D eigenvalue weighted by molar-refractivity contribution is 7.92. The van der Waals surface area contributed by atoms with Crippen molar-refractivity contribution in [2.24, 2.45) is 0 Å². The number of carboxylic acid groups (broad SMARTS) is 1. The number of hydrogen-bond donors (Lipinski definition) is 3. The minimum atomic E-state index is -3.67. The average molecular weight is 304 g/mol. The lowest BCUT2D eigenvalue weighted by Gasteiger charge is -2.08. The Morgan fingerprint density at radius 3 is 2.55 bits per heavy atom. The van der Waals surface area contributed by atoms with Gasteiger partial charge in [0.25, 0.3) is 5.91 Å². The molecule has 0 fully saturated rings. The maximum Gasteiger partial charge on any atom is 0.305 e. The summed E-state index contributed by atoms with van der Waals surface area (Å²) in [7, 11) is -3.67. The number of carbonyl (C=O) groups excluding carboxylic acids is 1. The van der Waals surface area contributed by atoms with Crippen molar-refractivity contribution in [3.63, 3.8) is 0 Å². The van der Waals surface area contributed by atoms with Crippen molar-refractivity contribution in [3.8, 4) is 0 Å². The molecule has 1 aromatic rings. The number of hydrogen-bond acceptors (Lipinski definition) is 4. The number of benzene rings is 1. The molecule has 0 bridgehead atoms. The average Bonchev–Trinajstić information content (AvgIpc) is 2.29. The van der Waals surface area contributed by atoms with Gasteiger partial charge in [-0.05, 0) is 18.2 Å². The Kier molecular flexibility index (Phi) is 5.03. The fourth-order valence-corrected chi connectivity index (χ4v) is 1.89. The number of sulfonamides is 1. The van der Waals surface area contributed by atoms with E-state index in [9.17, 15) is 22.4 Å². The molecule has 1 aromatic carbocycles. The molecular formula is C11H13FN2O5S. The van der Waals surface area contributed by atoms with Gasteiger partial charge in [-0.3, -0.25) is 14.3 Å². The number of rotatable bonds is 6. The predicted molar refractivity (Wildman–Crippen MR) is 69.5 cm³/mol. The summed E-state index contributed by atoms with van der Waals surface area (Å²) in [6, 6.07) is 3.14. The van der Waals surface area contributed by atoms with E-state index in [0.29, 0.717) is 0 Å². The summed E-state index contributed by atoms with van der Waals surface area (Å²) in [6.45, 7) is -0.0830. The zero-order valence-corrected chi connectivity index (χ0v) is 11.3. The van der Waals surface area contributed by atoms with Crippen LogP contribution in [0.25, 0.3) is 0 Å². The molecule has 0 heterocycles. The van der Waals surface area contributed by atoms with Gasteiger partial charge in [0.2, 0.25) is 10.0 Å². The van der Waals surface area contributed by atoms with Crippen LogP contribution in [-0.2, 0) is 14.8 Å². The van der Waals surface area contributed by atoms with Crippen LogP contribution < -0.4 is 10.0 Å². The van der Waals surface area contributed by atoms with Crippen LogP contribution >= 0.6 is 0 Å². The summed E-state index contributed by atoms with van der Waals surface area (Å²) >= 11 is 0. The summed E-state index contributed by atoms with van der Waals surface area (Å²) in [5.74, 6) is -2.51. The van der Waals surface area contributed by atoms with Gasteiger partial charge in [0.1, 0.15) is 5.82 Å². The lowest BCUT2D eigenvalue weighted by atomic mass is 10.2. The van der Waals surface area contributed by atoms with E-state index < -0.39 is 27.7 Å². The van der Waals surface area contributed by atoms with E-state index in [1.807, 2.05) is 4.72 Å². The van der Waals surface area contributed by atoms with Crippen LogP contribution in [0.2, 0.25) is 0 Å². The molecule has 0 aromatic heterocycles. The molecule has 0 saturated heterocycles. The van der Waals surface area contributed by atoms with Crippen molar-refractivity contribution < 1.29 is 27.5 Å². The summed E-state index contributed by atoms with van der Waals surface area (Å²) in [5, 5.41) is 10.7. The molecule has 0 aliphatic carbocycles. The van der Waals surface area contributed by atoms with Gasteiger partial charge in [-0.25, -0.2) is 12.8 Å². The lowest BCUT2D eigenvalue weighted by Crippen LogP contribution is -2.26. The van der Waals surface area contributed by atoms with Gasteiger partial charge < -0.3 is 10.4 Å². The number of carboxylic acids is 1. The maximum absolute atomic E-state index is 13.4. The first kappa shape index (κ1) is 15.9. The molecule has 0 atom stereocenters. The lowest BCUT2D eigenvalue weighted by molar-refractivity contribution is -0.136. The van der Waals surface area contributed by atoms with Crippen LogP contribution in [-0.4, -0.2) is 38.2 Å². The largest absolute Gasteiger partial charge is 0.481 e. The molecule has 0 saturated carbocycles. The van der Waals surface area contributed by atoms with Gasteiger partial charge >= 0.3 is 5.97 Å². The van der Waals surface area contributed by atoms with E-state index in [1.165, 1.54) is 6.07 Å². The molecule has 110 valence electrons. The van der Waals surface area contributed by atoms with Crippen molar-refractivity contribution in [3.05, 3.63) is 29.6 Å². The number of halogens is 1. The van der Waals surface area contributed by atoms with E-state index in [2.05, 4.69) is 5.32 Å². The maximum atomic E-state index is 13.4. The van der Waals surface area contributed by atoms with E-state index in [-0.39, 0.29) is 24.2 Å². The zero-order valence-electron chi connectivity index (χ0n) is 10.5. The van der Waals surface area contributed by atoms with Crippen LogP contribution in [0, 0.1) is 5.82 Å². The van der Waals surface area contributed by atoms with Crippen molar-refractivity contribution in [2.75, 3.05) is 17.5 Å². The van der Waals surface area contributed by atoms with Gasteiger partial charge in [-0.15, -0.1) is 0 Å². The Hall–Kier alpha value is -2.16. The highest BCUT2D eigenvalue weighted by Gasteiger charge is 2.12. The molecule has 9 heteroatoms. The number of anilines is 1. The van der Waals surface area contributed by atoms with Crippen molar-refractivity contribution in [1.82, 2.24) is 5.32 Å². The standard InChI is InChI=1S/C11H13FN2O5S/c1-20(18,19)14-9-6-7(2-3-8(9)12)11(17)13-5-4-10(15)16/h2-3,6,14H,4-5H2,1H3,(H,13,17)(H,15,16). The molecule has 1 amide bonds. The van der Waals surface area contributed by atoms with Crippen LogP contribution in [0.15, 0.2) is 18.2 Å². The molecule has 1 rings (SSSR count). The minimum Gasteiger partial charge on any atom is -0.481 e. The first-order valence-electron chi connectivity index (χ1n) is 5.46. The quantitative estimate of drug-likeness (QED) is 0.704. The fraction of sp³-hybridized carbons (Fsp3) is 0.273. The van der Waals surface area contributed by atoms with E-state index >= 15 is 0 Å². The van der Waals surface area contributed by atoms with E-state index in [1.54, 1.807) is 0 Å². The Morgan fingerprint density at radius 2 is 2.00 bits per heavy atom. The highest BCUT2D eigenvalue weighted by atomic mass is 32.2. The smallest absolute Gasteiger partial charge is 0.305 e. The Morgan fingerprint density at radius 1 is 1.35 bits per heavy atom. The second kappa shape index (κ2) is 6.33. The number of carbonyl (C=O) groups is 2. The van der Waals surface area contributed by atoms with Crippen molar-refractivity contribution >= 4 is 27.6 Å². The topological polar surface area (TPSA) is 113 Å². The summed E-state index contributed by atoms with van der Waals surface area (Å²) in [4.78, 5) is 21.9. The molecule has 7 nitrogen and oxygen atoms in total. The van der Waals surface area contributed by atoms with Crippen molar-refractivity contribution in [2.45, 2.75) is 6.42 Å². The third kappa shape index (κ3) is 5.22. The summed E-state index contributed by atoms with van der Waals surface area (Å²) in [5.41, 5.74) is -0.332. The highest BCUT2D eigenvalue weighted by Crippen LogP contribution is 2.17. The number of aliphatic carboxylic acids is 1. The summed E-state index contributed by atoms with van der Waals surface area (Å²) in [6.07, 6.45) is 0.605. The summed E-state index contributed by atoms with van der Waals surface area (Å²) < 4.78 is 37.4. The molecule has 0 aliphatic rings. The number of nitrogens with one attached hydrogen (secondary N) is 2. The third-order valence-electron chi connectivity index (χ3n) is 2.15. The Labute approximate surface area is 114 Å². The van der Waals surface area contributed by atoms with Gasteiger partial charge in [0, 0.05) is 12.1 Å². The molecule has 0 aliphatic heterocycles. The first-order chi connectivity index (χ1) is 9.19. The van der Waals surface area contributed by atoms with Crippen LogP contribution in [0.5, 0.6) is 0 Å². The van der Waals surface area contributed by atoms with Crippen LogP contribution in [0.1, 0.15) is 16.8 Å². The molecule has 0 unspecified atom stereocenters. The van der Waals surface area contributed by atoms with Gasteiger partial charge in [-0.2, -0.15) is 0 Å². The van der Waals surface area contributed by atoms with Crippen molar-refractivity contribution in [1.29, 1.82) is 0 Å². The van der Waals surface area contributed by atoms with Gasteiger partial charge in [-0.1, -0.05) is 0 Å². The Balaban J connectivity index is 2.83. The SMILES string of the molecule is CS(=O)(=O)Nc1cc(C(=O)NCCC(=O)O)ccc1F. The van der Waals surface area contributed by atoms with Gasteiger partial charge in [0.05, 0.1) is 18.4 Å². The molecule has 20 heavy (non-hydrogen) atoms. The second-order valence-electron chi connectivity index (χ2n) is 3.97. The Bertz CT molecular complexity index is 630. The van der Waals surface area contributed by atoms with Gasteiger partial charge in [0.15, 0.2) is 0 Å².